The van der Waals surface area contributed by atoms with E-state index in [9.17, 15) is 0 Å². The Morgan fingerprint density at radius 2 is 2.05 bits per heavy atom. The Morgan fingerprint density at radius 3 is 2.57 bits per heavy atom. The van der Waals surface area contributed by atoms with Gasteiger partial charge < -0.3 is 15.3 Å². The first-order valence-electron chi connectivity index (χ1n) is 7.46. The zero-order valence-corrected chi connectivity index (χ0v) is 15.4. The number of halogens is 2. The fraction of sp³-hybridized carbons (Fsp3) is 0.625. The van der Waals surface area contributed by atoms with Crippen LogP contribution in [0.4, 0.5) is 0 Å². The minimum atomic E-state index is 0.237. The minimum Gasteiger partial charge on any atom is -0.396 e. The Hall–Kier alpha value is -0.130. The molecule has 0 spiro atoms. The van der Waals surface area contributed by atoms with E-state index in [1.165, 1.54) is 0 Å². The molecule has 1 atom stereocenters. The Kier molecular flexibility index (Phi) is 8.83. The van der Waals surface area contributed by atoms with Gasteiger partial charge in [0.05, 0.1) is 0 Å². The van der Waals surface area contributed by atoms with Crippen LogP contribution in [-0.2, 0) is 0 Å². The number of rotatable bonds is 9. The van der Waals surface area contributed by atoms with Crippen LogP contribution in [0.1, 0.15) is 38.3 Å². The van der Waals surface area contributed by atoms with Crippen molar-refractivity contribution in [1.29, 1.82) is 0 Å². The lowest BCUT2D eigenvalue weighted by molar-refractivity contribution is 0.184. The number of hydrogen-bond donors (Lipinski definition) is 2. The van der Waals surface area contributed by atoms with Crippen LogP contribution >= 0.6 is 27.5 Å². The van der Waals surface area contributed by atoms with Crippen LogP contribution in [0.2, 0.25) is 5.02 Å². The second-order valence-corrected chi connectivity index (χ2v) is 6.83. The highest BCUT2D eigenvalue weighted by Gasteiger charge is 2.16. The molecule has 0 bridgehead atoms. The molecule has 0 fully saturated rings. The van der Waals surface area contributed by atoms with E-state index in [-0.39, 0.29) is 12.6 Å². The summed E-state index contributed by atoms with van der Waals surface area (Å²) in [7, 11) is 1.97. The second kappa shape index (κ2) is 9.80. The summed E-state index contributed by atoms with van der Waals surface area (Å²) in [6.45, 7) is 6.54. The van der Waals surface area contributed by atoms with Crippen LogP contribution in [0, 0.1) is 0 Å². The lowest BCUT2D eigenvalue weighted by atomic mass is 10.0. The first-order valence-corrected chi connectivity index (χ1v) is 8.63. The molecule has 5 heteroatoms. The predicted molar refractivity (Wildman–Crippen MR) is 94.0 cm³/mol. The van der Waals surface area contributed by atoms with Crippen LogP contribution in [0.3, 0.4) is 0 Å². The van der Waals surface area contributed by atoms with E-state index >= 15 is 0 Å². The molecule has 1 rings (SSSR count). The summed E-state index contributed by atoms with van der Waals surface area (Å²) in [4.78, 5) is 2.40. The predicted octanol–water partition coefficient (Wildman–Crippen LogP) is 3.85. The quantitative estimate of drug-likeness (QED) is 0.686. The topological polar surface area (TPSA) is 35.5 Å². The van der Waals surface area contributed by atoms with Crippen molar-refractivity contribution in [2.75, 3.05) is 26.7 Å². The highest BCUT2D eigenvalue weighted by atomic mass is 79.9. The van der Waals surface area contributed by atoms with Gasteiger partial charge in [-0.3, -0.25) is 0 Å². The third kappa shape index (κ3) is 6.25. The number of nitrogens with one attached hydrogen (secondary N) is 1. The van der Waals surface area contributed by atoms with Gasteiger partial charge in [0.15, 0.2) is 0 Å². The van der Waals surface area contributed by atoms with E-state index in [1.54, 1.807) is 0 Å². The summed E-state index contributed by atoms with van der Waals surface area (Å²) >= 11 is 9.79. The van der Waals surface area contributed by atoms with Crippen molar-refractivity contribution in [3.63, 3.8) is 0 Å². The van der Waals surface area contributed by atoms with Crippen molar-refractivity contribution >= 4 is 27.5 Å². The molecule has 3 nitrogen and oxygen atoms in total. The van der Waals surface area contributed by atoms with E-state index in [1.807, 2.05) is 19.2 Å². The van der Waals surface area contributed by atoms with E-state index in [4.69, 9.17) is 16.7 Å². The molecular weight excluding hydrogens is 352 g/mol. The Morgan fingerprint density at radius 1 is 1.33 bits per heavy atom. The van der Waals surface area contributed by atoms with Gasteiger partial charge in [-0.25, -0.2) is 0 Å². The van der Waals surface area contributed by atoms with Crippen molar-refractivity contribution in [3.8, 4) is 0 Å². The zero-order chi connectivity index (χ0) is 15.8. The third-order valence-corrected chi connectivity index (χ3v) is 4.55. The molecule has 0 saturated carbocycles. The van der Waals surface area contributed by atoms with Crippen molar-refractivity contribution in [3.05, 3.63) is 33.3 Å². The number of aliphatic hydroxyl groups is 1. The molecule has 0 aliphatic heterocycles. The van der Waals surface area contributed by atoms with Crippen LogP contribution < -0.4 is 5.32 Å². The molecular formula is C16H26BrClN2O. The normalized spacial score (nSPS) is 13.1. The van der Waals surface area contributed by atoms with Gasteiger partial charge in [-0.15, -0.1) is 0 Å². The van der Waals surface area contributed by atoms with Gasteiger partial charge in [0.2, 0.25) is 0 Å². The largest absolute Gasteiger partial charge is 0.396 e. The third-order valence-electron chi connectivity index (χ3n) is 3.73. The average Bonchev–Trinajstić information content (AvgIpc) is 2.43. The summed E-state index contributed by atoms with van der Waals surface area (Å²) in [6.07, 6.45) is 1.81. The van der Waals surface area contributed by atoms with Crippen LogP contribution in [0.15, 0.2) is 22.7 Å². The van der Waals surface area contributed by atoms with Gasteiger partial charge in [-0.05, 0) is 51.4 Å². The van der Waals surface area contributed by atoms with Crippen LogP contribution in [0.5, 0.6) is 0 Å². The molecule has 0 radical (unpaired) electrons. The molecule has 1 unspecified atom stereocenters. The molecule has 0 heterocycles. The molecule has 0 aromatic heterocycles. The second-order valence-electron chi connectivity index (χ2n) is 5.50. The number of hydrogen-bond acceptors (Lipinski definition) is 3. The average molecular weight is 378 g/mol. The minimum absolute atomic E-state index is 0.237. The highest BCUT2D eigenvalue weighted by molar-refractivity contribution is 9.10. The van der Waals surface area contributed by atoms with E-state index < -0.39 is 0 Å². The molecule has 0 saturated heterocycles. The fourth-order valence-electron chi connectivity index (χ4n) is 2.44. The Bertz CT molecular complexity index is 429. The molecule has 0 aliphatic rings. The van der Waals surface area contributed by atoms with Crippen LogP contribution in [0.25, 0.3) is 0 Å². The van der Waals surface area contributed by atoms with Gasteiger partial charge >= 0.3 is 0 Å². The highest BCUT2D eigenvalue weighted by Crippen LogP contribution is 2.28. The number of nitrogens with zero attached hydrogens (tertiary/aromatic N) is 1. The zero-order valence-electron chi connectivity index (χ0n) is 13.1. The number of aliphatic hydroxyl groups excluding tert-OH is 1. The maximum atomic E-state index is 9.00. The van der Waals surface area contributed by atoms with E-state index in [2.05, 4.69) is 46.1 Å². The van der Waals surface area contributed by atoms with E-state index in [0.29, 0.717) is 6.04 Å². The molecule has 1 aromatic rings. The standard InChI is InChI=1S/C16H26BrClN2O/c1-12(2)20(8-4-10-21)9-7-16(19-3)14-6-5-13(17)11-15(14)18/h5-6,11-12,16,19,21H,4,7-10H2,1-3H3. The monoisotopic (exact) mass is 376 g/mol. The van der Waals surface area contributed by atoms with Crippen molar-refractivity contribution in [2.45, 2.75) is 38.8 Å². The summed E-state index contributed by atoms with van der Waals surface area (Å²) in [5.41, 5.74) is 1.13. The first kappa shape index (κ1) is 18.9. The molecule has 2 N–H and O–H groups in total. The van der Waals surface area contributed by atoms with Gasteiger partial charge in [0.1, 0.15) is 0 Å². The van der Waals surface area contributed by atoms with E-state index in [0.717, 1.165) is 41.0 Å². The van der Waals surface area contributed by atoms with Gasteiger partial charge in [-0.2, -0.15) is 0 Å². The molecule has 0 amide bonds. The lowest BCUT2D eigenvalue weighted by Crippen LogP contribution is -2.35. The summed E-state index contributed by atoms with van der Waals surface area (Å²) in [5.74, 6) is 0. The fourth-order valence-corrected chi connectivity index (χ4v) is 3.24. The Labute approximate surface area is 141 Å². The molecule has 120 valence electrons. The smallest absolute Gasteiger partial charge is 0.0465 e. The maximum absolute atomic E-state index is 9.00. The summed E-state index contributed by atoms with van der Waals surface area (Å²) < 4.78 is 0.998. The van der Waals surface area contributed by atoms with Gasteiger partial charge in [0, 0.05) is 41.3 Å². The van der Waals surface area contributed by atoms with Gasteiger partial charge in [-0.1, -0.05) is 33.6 Å². The van der Waals surface area contributed by atoms with Gasteiger partial charge in [0.25, 0.3) is 0 Å². The number of benzene rings is 1. The maximum Gasteiger partial charge on any atom is 0.0465 e. The van der Waals surface area contributed by atoms with Crippen molar-refractivity contribution < 1.29 is 5.11 Å². The molecule has 21 heavy (non-hydrogen) atoms. The molecule has 1 aromatic carbocycles. The Balaban J connectivity index is 2.68. The summed E-state index contributed by atoms with van der Waals surface area (Å²) in [6, 6.07) is 6.75. The van der Waals surface area contributed by atoms with Crippen LogP contribution in [-0.4, -0.2) is 42.8 Å². The first-order chi connectivity index (χ1) is 9.99. The van der Waals surface area contributed by atoms with Crippen molar-refractivity contribution in [2.24, 2.45) is 0 Å². The molecule has 0 aliphatic carbocycles. The van der Waals surface area contributed by atoms with Crippen molar-refractivity contribution in [1.82, 2.24) is 10.2 Å². The summed E-state index contributed by atoms with van der Waals surface area (Å²) in [5, 5.41) is 13.1. The lowest BCUT2D eigenvalue weighted by Gasteiger charge is -2.28. The SMILES string of the molecule is CNC(CCN(CCCO)C(C)C)c1ccc(Br)cc1Cl.